The fourth-order valence-corrected chi connectivity index (χ4v) is 0. The van der Waals surface area contributed by atoms with Crippen LogP contribution in [0.25, 0.3) is 0 Å². The highest BCUT2D eigenvalue weighted by Crippen LogP contribution is 1.32. The van der Waals surface area contributed by atoms with Gasteiger partial charge >= 0.3 is 0 Å². The van der Waals surface area contributed by atoms with E-state index in [0.29, 0.717) is 21.2 Å². The van der Waals surface area contributed by atoms with Crippen LogP contribution in [0.15, 0.2) is 0 Å². The standard InChI is InChI=1S/C2H6I.C2H6S.3CH4/c2*1-3-2;;;/h2*1-2H3;3*1H4/q+1;;;;/p+1. The minimum Gasteiger partial charge on any atom is -0.0776 e. The number of hydrogen-bond acceptors (Lipinski definition) is 0. The largest absolute Gasteiger partial charge is 0.261 e. The Labute approximate surface area is 77.5 Å². The maximum absolute atomic E-state index is 2.24. The molecule has 0 rings (SSSR count). The number of rotatable bonds is 0. The first kappa shape index (κ1) is 32.2. The lowest BCUT2D eigenvalue weighted by Gasteiger charge is -1.38. The SMILES string of the molecule is C.C.C.C[I+]C.C[SH+]C. The molecule has 0 aromatic heterocycles. The van der Waals surface area contributed by atoms with Gasteiger partial charge in [-0.3, -0.25) is 0 Å². The van der Waals surface area contributed by atoms with Crippen LogP contribution in [0.5, 0.6) is 0 Å². The molecule has 9 heavy (non-hydrogen) atoms. The number of alkyl halides is 2. The molecule has 0 radical (unpaired) electrons. The van der Waals surface area contributed by atoms with Crippen LogP contribution in [0.2, 0.25) is 0 Å². The summed E-state index contributed by atoms with van der Waals surface area (Å²) in [4.78, 5) is 4.47. The van der Waals surface area contributed by atoms with Crippen LogP contribution in [0.1, 0.15) is 22.3 Å². The summed E-state index contributed by atoms with van der Waals surface area (Å²) in [5, 5.41) is 0. The summed E-state index contributed by atoms with van der Waals surface area (Å²) >= 11 is 2.01. The van der Waals surface area contributed by atoms with Crippen LogP contribution >= 0.6 is 0 Å². The molecule has 0 fully saturated rings. The zero-order valence-corrected chi connectivity index (χ0v) is 7.88. The minimum atomic E-state index is 0. The minimum absolute atomic E-state index is 0. The van der Waals surface area contributed by atoms with Crippen LogP contribution in [0, 0.1) is 0 Å². The first-order valence-electron chi connectivity index (χ1n) is 1.65. The second-order valence-corrected chi connectivity index (χ2v) is 3.88. The van der Waals surface area contributed by atoms with Gasteiger partial charge in [0.2, 0.25) is 0 Å². The topological polar surface area (TPSA) is 0 Å². The van der Waals surface area contributed by atoms with E-state index in [0.717, 1.165) is 0 Å². The van der Waals surface area contributed by atoms with Crippen molar-refractivity contribution < 1.29 is 21.2 Å². The molecule has 0 N–H and O–H groups in total. The summed E-state index contributed by atoms with van der Waals surface area (Å²) in [6.07, 6.45) is 4.19. The lowest BCUT2D eigenvalue weighted by Crippen LogP contribution is -3.59. The lowest BCUT2D eigenvalue weighted by atomic mass is 11.9. The summed E-state index contributed by atoms with van der Waals surface area (Å²) in [5.74, 6) is 0. The van der Waals surface area contributed by atoms with Crippen molar-refractivity contribution in [2.75, 3.05) is 22.4 Å². The molecule has 0 unspecified atom stereocenters. The summed E-state index contributed by atoms with van der Waals surface area (Å²) in [6, 6.07) is 0. The van der Waals surface area contributed by atoms with Gasteiger partial charge in [0.15, 0.2) is 0 Å². The highest BCUT2D eigenvalue weighted by atomic mass is 127. The monoisotopic (exact) mass is 268 g/mol. The zero-order chi connectivity index (χ0) is 5.41. The van der Waals surface area contributed by atoms with Crippen molar-refractivity contribution in [1.82, 2.24) is 0 Å². The van der Waals surface area contributed by atoms with E-state index in [2.05, 4.69) is 22.4 Å². The van der Waals surface area contributed by atoms with Crippen LogP contribution in [-0.2, 0) is 11.8 Å². The maximum atomic E-state index is 2.24. The average Bonchev–Trinajstić information content (AvgIpc) is 1.39. The van der Waals surface area contributed by atoms with Gasteiger partial charge in [0.25, 0.3) is 21.2 Å². The van der Waals surface area contributed by atoms with Gasteiger partial charge < -0.3 is 0 Å². The molecule has 0 heterocycles. The van der Waals surface area contributed by atoms with E-state index in [1.165, 1.54) is 11.8 Å². The highest BCUT2D eigenvalue weighted by Gasteiger charge is 1.61. The van der Waals surface area contributed by atoms with Crippen molar-refractivity contribution in [3.63, 3.8) is 0 Å². The zero-order valence-electron chi connectivity index (χ0n) is 4.83. The van der Waals surface area contributed by atoms with Gasteiger partial charge in [-0.05, 0) is 11.8 Å². The van der Waals surface area contributed by atoms with E-state index in [-0.39, 0.29) is 22.3 Å². The van der Waals surface area contributed by atoms with Gasteiger partial charge in [-0.1, -0.05) is 22.3 Å². The summed E-state index contributed by atoms with van der Waals surface area (Å²) in [6.45, 7) is 0. The second-order valence-electron chi connectivity index (χ2n) is 0.825. The second kappa shape index (κ2) is 62.5. The number of halogens is 1. The van der Waals surface area contributed by atoms with Crippen molar-refractivity contribution in [1.29, 1.82) is 0 Å². The van der Waals surface area contributed by atoms with E-state index in [1.54, 1.807) is 0 Å². The average molecular weight is 268 g/mol. The molecule has 0 spiro atoms. The molecule has 0 aliphatic heterocycles. The molecular weight excluding hydrogens is 243 g/mol. The Kier molecular flexibility index (Phi) is 224. The number of thiol groups is 1. The molecule has 0 aromatic rings. The van der Waals surface area contributed by atoms with E-state index < -0.39 is 0 Å². The third-order valence-corrected chi connectivity index (χ3v) is 0. The van der Waals surface area contributed by atoms with Crippen LogP contribution in [0.3, 0.4) is 0 Å². The molecule has 0 saturated carbocycles. The summed E-state index contributed by atoms with van der Waals surface area (Å²) < 4.78 is 0. The van der Waals surface area contributed by atoms with Gasteiger partial charge in [-0.2, -0.15) is 0 Å². The van der Waals surface area contributed by atoms with Crippen molar-refractivity contribution in [3.8, 4) is 0 Å². The molecular formula is C7H25IS+2. The van der Waals surface area contributed by atoms with E-state index >= 15 is 0 Å². The number of hydrogen-bond donors (Lipinski definition) is 0. The Morgan fingerprint density at radius 1 is 0.889 bits per heavy atom. The molecule has 0 atom stereocenters. The maximum Gasteiger partial charge on any atom is 0.261 e. The van der Waals surface area contributed by atoms with E-state index in [4.69, 9.17) is 0 Å². The quantitative estimate of drug-likeness (QED) is 0.236. The van der Waals surface area contributed by atoms with Gasteiger partial charge in [-0.25, -0.2) is 0 Å². The van der Waals surface area contributed by atoms with Gasteiger partial charge in [0, 0.05) is 0 Å². The van der Waals surface area contributed by atoms with Crippen molar-refractivity contribution in [2.24, 2.45) is 0 Å². The van der Waals surface area contributed by atoms with Crippen LogP contribution in [-0.4, -0.2) is 22.4 Å². The first-order valence-corrected chi connectivity index (χ1v) is 7.75. The third-order valence-electron chi connectivity index (χ3n) is 0. The Hall–Kier alpha value is 1.08. The van der Waals surface area contributed by atoms with E-state index in [1.807, 2.05) is 0 Å². The Morgan fingerprint density at radius 2 is 0.889 bits per heavy atom. The normalized spacial score (nSPS) is 4.00. The Balaban J connectivity index is -0.00000000889. The van der Waals surface area contributed by atoms with Gasteiger partial charge in [0.05, 0.1) is 12.5 Å². The third kappa shape index (κ3) is 390. The first-order chi connectivity index (χ1) is 2.83. The predicted octanol–water partition coefficient (Wildman–Crippen LogP) is -0.696. The molecule has 0 amide bonds. The lowest BCUT2D eigenvalue weighted by molar-refractivity contribution is -0.597. The fourth-order valence-electron chi connectivity index (χ4n) is 0. The van der Waals surface area contributed by atoms with Crippen molar-refractivity contribution in [2.45, 2.75) is 22.3 Å². The Morgan fingerprint density at radius 3 is 0.889 bits per heavy atom. The molecule has 64 valence electrons. The van der Waals surface area contributed by atoms with Crippen molar-refractivity contribution >= 4 is 11.8 Å². The molecule has 0 saturated heterocycles. The molecule has 0 aliphatic carbocycles. The highest BCUT2D eigenvalue weighted by molar-refractivity contribution is 7.76. The molecule has 0 aliphatic rings. The fraction of sp³-hybridized carbons (Fsp3) is 1.00. The molecule has 2 heteroatoms. The van der Waals surface area contributed by atoms with Crippen molar-refractivity contribution in [3.05, 3.63) is 0 Å². The molecule has 0 aromatic carbocycles. The van der Waals surface area contributed by atoms with Gasteiger partial charge in [0.1, 0.15) is 9.86 Å². The Bertz CT molecular complexity index is 10.9. The summed E-state index contributed by atoms with van der Waals surface area (Å²) in [7, 11) is 0. The molecule has 0 nitrogen and oxygen atoms in total. The van der Waals surface area contributed by atoms with Gasteiger partial charge in [-0.15, -0.1) is 0 Å². The summed E-state index contributed by atoms with van der Waals surface area (Å²) in [5.41, 5.74) is 0. The van der Waals surface area contributed by atoms with Crippen LogP contribution in [0.4, 0.5) is 0 Å². The van der Waals surface area contributed by atoms with E-state index in [9.17, 15) is 0 Å². The molecule has 0 bridgehead atoms. The smallest absolute Gasteiger partial charge is 0.0776 e. The van der Waals surface area contributed by atoms with Crippen LogP contribution < -0.4 is 21.2 Å². The predicted molar refractivity (Wildman–Crippen MR) is 52.6 cm³/mol.